The molecule has 0 spiro atoms. The molecule has 0 atom stereocenters. The summed E-state index contributed by atoms with van der Waals surface area (Å²) < 4.78 is 0. The number of nitrogens with zero attached hydrogens (tertiary/aromatic N) is 3. The summed E-state index contributed by atoms with van der Waals surface area (Å²) >= 11 is 0. The van der Waals surface area contributed by atoms with E-state index in [2.05, 4.69) is 15.3 Å². The number of hydrogen-bond donors (Lipinski definition) is 1. The summed E-state index contributed by atoms with van der Waals surface area (Å²) in [6.45, 7) is 4.33. The largest absolute Gasteiger partial charge is 0.363 e. The van der Waals surface area contributed by atoms with Crippen LogP contribution in [0.4, 0.5) is 5.82 Å². The number of carbonyl (C=O) groups excluding carboxylic acids is 1. The van der Waals surface area contributed by atoms with Crippen LogP contribution in [0.5, 0.6) is 0 Å². The van der Waals surface area contributed by atoms with Gasteiger partial charge in [0.25, 0.3) is 5.91 Å². The molecule has 2 aromatic heterocycles. The van der Waals surface area contributed by atoms with Crippen molar-refractivity contribution in [1.29, 1.82) is 0 Å². The van der Waals surface area contributed by atoms with Crippen molar-refractivity contribution in [3.8, 4) is 0 Å². The van der Waals surface area contributed by atoms with Gasteiger partial charge < -0.3 is 10.2 Å². The first kappa shape index (κ1) is 16.9. The average Bonchev–Trinajstić information content (AvgIpc) is 2.59. The summed E-state index contributed by atoms with van der Waals surface area (Å²) in [7, 11) is 3.89. The second-order valence-corrected chi connectivity index (χ2v) is 6.42. The molecule has 0 saturated heterocycles. The molecule has 128 valence electrons. The van der Waals surface area contributed by atoms with Gasteiger partial charge in [0.05, 0.1) is 16.8 Å². The topological polar surface area (TPSA) is 58.1 Å². The Morgan fingerprint density at radius 2 is 1.92 bits per heavy atom. The van der Waals surface area contributed by atoms with Crippen LogP contribution >= 0.6 is 0 Å². The number of hydrogen-bond acceptors (Lipinski definition) is 4. The van der Waals surface area contributed by atoms with Gasteiger partial charge in [-0.1, -0.05) is 17.7 Å². The van der Waals surface area contributed by atoms with Gasteiger partial charge in [-0.25, -0.2) is 4.98 Å². The molecule has 0 saturated carbocycles. The molecule has 3 aromatic rings. The molecule has 1 aromatic carbocycles. The first-order valence-electron chi connectivity index (χ1n) is 8.22. The minimum atomic E-state index is -0.120. The Labute approximate surface area is 147 Å². The summed E-state index contributed by atoms with van der Waals surface area (Å²) in [5.41, 5.74) is 4.35. The number of fused-ring (bicyclic) bond motifs is 1. The third-order valence-corrected chi connectivity index (χ3v) is 4.13. The zero-order chi connectivity index (χ0) is 18.0. The van der Waals surface area contributed by atoms with E-state index in [-0.39, 0.29) is 5.91 Å². The highest BCUT2D eigenvalue weighted by Crippen LogP contribution is 2.18. The van der Waals surface area contributed by atoms with Crippen molar-refractivity contribution in [3.63, 3.8) is 0 Å². The molecule has 5 nitrogen and oxygen atoms in total. The zero-order valence-corrected chi connectivity index (χ0v) is 15.0. The third kappa shape index (κ3) is 3.76. The van der Waals surface area contributed by atoms with Gasteiger partial charge in [0, 0.05) is 32.2 Å². The van der Waals surface area contributed by atoms with Gasteiger partial charge in [0.2, 0.25) is 0 Å². The fourth-order valence-electron chi connectivity index (χ4n) is 2.69. The molecule has 25 heavy (non-hydrogen) atoms. The van der Waals surface area contributed by atoms with Crippen LogP contribution < -0.4 is 10.2 Å². The predicted molar refractivity (Wildman–Crippen MR) is 101 cm³/mol. The highest BCUT2D eigenvalue weighted by atomic mass is 16.1. The summed E-state index contributed by atoms with van der Waals surface area (Å²) in [6, 6.07) is 11.9. The smallest absolute Gasteiger partial charge is 0.253 e. The maximum atomic E-state index is 12.6. The molecule has 0 bridgehead atoms. The third-order valence-electron chi connectivity index (χ3n) is 4.13. The lowest BCUT2D eigenvalue weighted by molar-refractivity contribution is 0.0950. The van der Waals surface area contributed by atoms with E-state index in [1.807, 2.05) is 69.2 Å². The van der Waals surface area contributed by atoms with E-state index in [1.54, 1.807) is 6.20 Å². The van der Waals surface area contributed by atoms with Gasteiger partial charge in [-0.15, -0.1) is 0 Å². The van der Waals surface area contributed by atoms with Crippen molar-refractivity contribution in [2.45, 2.75) is 20.4 Å². The fraction of sp³-hybridized carbons (Fsp3) is 0.250. The normalized spacial score (nSPS) is 10.7. The zero-order valence-electron chi connectivity index (χ0n) is 15.0. The molecule has 3 rings (SSSR count). The monoisotopic (exact) mass is 334 g/mol. The molecule has 0 aliphatic heterocycles. The minimum Gasteiger partial charge on any atom is -0.363 e. The average molecular weight is 334 g/mol. The molecule has 0 aliphatic rings. The van der Waals surface area contributed by atoms with E-state index in [0.29, 0.717) is 12.1 Å². The molecular formula is C20H22N4O. The summed E-state index contributed by atoms with van der Waals surface area (Å²) in [5, 5.41) is 3.93. The van der Waals surface area contributed by atoms with Gasteiger partial charge in [-0.2, -0.15) is 0 Å². The molecule has 5 heteroatoms. The van der Waals surface area contributed by atoms with Crippen molar-refractivity contribution in [2.75, 3.05) is 19.0 Å². The summed E-state index contributed by atoms with van der Waals surface area (Å²) in [6.07, 6.45) is 1.78. The number of carbonyl (C=O) groups is 1. The maximum Gasteiger partial charge on any atom is 0.253 e. The van der Waals surface area contributed by atoms with E-state index < -0.39 is 0 Å². The Morgan fingerprint density at radius 1 is 1.12 bits per heavy atom. The number of aromatic nitrogens is 2. The van der Waals surface area contributed by atoms with Crippen molar-refractivity contribution in [2.24, 2.45) is 0 Å². The van der Waals surface area contributed by atoms with E-state index in [9.17, 15) is 4.79 Å². The number of benzene rings is 1. The van der Waals surface area contributed by atoms with Crippen LogP contribution in [0, 0.1) is 13.8 Å². The van der Waals surface area contributed by atoms with Crippen LogP contribution in [0.25, 0.3) is 10.9 Å². The van der Waals surface area contributed by atoms with Gasteiger partial charge in [0.15, 0.2) is 0 Å². The molecule has 0 aliphatic carbocycles. The molecule has 0 unspecified atom stereocenters. The predicted octanol–water partition coefficient (Wildman–Crippen LogP) is 3.24. The highest BCUT2D eigenvalue weighted by Gasteiger charge is 2.12. The number of nitrogens with one attached hydrogen (secondary N) is 1. The number of aryl methyl sites for hydroxylation is 2. The molecule has 1 amide bonds. The first-order chi connectivity index (χ1) is 11.9. The Hall–Kier alpha value is -2.95. The Morgan fingerprint density at radius 3 is 2.60 bits per heavy atom. The lowest BCUT2D eigenvalue weighted by Crippen LogP contribution is -2.24. The quantitative estimate of drug-likeness (QED) is 0.796. The van der Waals surface area contributed by atoms with E-state index >= 15 is 0 Å². The van der Waals surface area contributed by atoms with Gasteiger partial charge in [0.1, 0.15) is 5.82 Å². The van der Waals surface area contributed by atoms with E-state index in [0.717, 1.165) is 33.5 Å². The standard InChI is InChI=1S/C20H22N4O/c1-13-5-7-18-16(9-13)10-17(14(2)23-18)20(25)22-12-15-6-8-19(21-11-15)24(3)4/h5-11H,12H2,1-4H3,(H,22,25). The van der Waals surface area contributed by atoms with Crippen molar-refractivity contribution >= 4 is 22.6 Å². The number of pyridine rings is 2. The van der Waals surface area contributed by atoms with Crippen LogP contribution in [-0.2, 0) is 6.54 Å². The number of amides is 1. The fourth-order valence-corrected chi connectivity index (χ4v) is 2.69. The summed E-state index contributed by atoms with van der Waals surface area (Å²) in [5.74, 6) is 0.769. The SMILES string of the molecule is Cc1ccc2nc(C)c(C(=O)NCc3ccc(N(C)C)nc3)cc2c1. The van der Waals surface area contributed by atoms with E-state index in [4.69, 9.17) is 0 Å². The first-order valence-corrected chi connectivity index (χ1v) is 8.22. The number of anilines is 1. The van der Waals surface area contributed by atoms with Crippen LogP contribution in [0.3, 0.4) is 0 Å². The lowest BCUT2D eigenvalue weighted by atomic mass is 10.1. The molecule has 2 heterocycles. The summed E-state index contributed by atoms with van der Waals surface area (Å²) in [4.78, 5) is 23.4. The molecule has 1 N–H and O–H groups in total. The molecule has 0 fully saturated rings. The highest BCUT2D eigenvalue weighted by molar-refractivity contribution is 5.98. The number of rotatable bonds is 4. The Kier molecular flexibility index (Phi) is 4.65. The Balaban J connectivity index is 1.76. The lowest BCUT2D eigenvalue weighted by Gasteiger charge is -2.12. The van der Waals surface area contributed by atoms with Crippen LogP contribution in [0.2, 0.25) is 0 Å². The van der Waals surface area contributed by atoms with Crippen molar-refractivity contribution in [3.05, 3.63) is 65.0 Å². The van der Waals surface area contributed by atoms with Crippen LogP contribution in [0.1, 0.15) is 27.2 Å². The molecule has 0 radical (unpaired) electrons. The van der Waals surface area contributed by atoms with Crippen molar-refractivity contribution in [1.82, 2.24) is 15.3 Å². The Bertz CT molecular complexity index is 917. The minimum absolute atomic E-state index is 0.120. The van der Waals surface area contributed by atoms with Gasteiger partial charge >= 0.3 is 0 Å². The van der Waals surface area contributed by atoms with Crippen molar-refractivity contribution < 1.29 is 4.79 Å². The van der Waals surface area contributed by atoms with Crippen LogP contribution in [-0.4, -0.2) is 30.0 Å². The van der Waals surface area contributed by atoms with Gasteiger partial charge in [-0.05, 0) is 43.7 Å². The van der Waals surface area contributed by atoms with E-state index in [1.165, 1.54) is 0 Å². The second kappa shape index (κ2) is 6.89. The second-order valence-electron chi connectivity index (χ2n) is 6.42. The maximum absolute atomic E-state index is 12.6. The van der Waals surface area contributed by atoms with Gasteiger partial charge in [-0.3, -0.25) is 9.78 Å². The molecular weight excluding hydrogens is 312 g/mol. The van der Waals surface area contributed by atoms with Crippen LogP contribution in [0.15, 0.2) is 42.6 Å².